The van der Waals surface area contributed by atoms with Crippen molar-refractivity contribution in [3.63, 3.8) is 0 Å². The summed E-state index contributed by atoms with van der Waals surface area (Å²) in [4.78, 5) is 17.8. The molecule has 3 N–H and O–H groups in total. The molecule has 1 aromatic heterocycles. The number of nitrogen functional groups attached to an aromatic ring is 1. The van der Waals surface area contributed by atoms with E-state index >= 15 is 0 Å². The fraction of sp³-hybridized carbons (Fsp3) is 0.211. The molecule has 1 unspecified atom stereocenters. The molecular formula is C19H19N4O4. The summed E-state index contributed by atoms with van der Waals surface area (Å²) in [6.07, 6.45) is 3.39. The lowest BCUT2D eigenvalue weighted by Crippen LogP contribution is -2.08. The Bertz CT molecular complexity index is 937. The first-order valence-corrected chi connectivity index (χ1v) is 8.20. The van der Waals surface area contributed by atoms with Gasteiger partial charge >= 0.3 is 0 Å². The van der Waals surface area contributed by atoms with E-state index in [2.05, 4.69) is 16.2 Å². The first kappa shape index (κ1) is 18.2. The van der Waals surface area contributed by atoms with E-state index in [1.165, 1.54) is 19.2 Å². The smallest absolute Gasteiger partial charge is 0.269 e. The number of imidazole rings is 1. The maximum absolute atomic E-state index is 11.2. The number of nitrogens with one attached hydrogen (secondary N) is 1. The largest absolute Gasteiger partial charge is 0.497 e. The number of nitrogens with two attached hydrogens (primary N) is 1. The maximum atomic E-state index is 11.2. The minimum absolute atomic E-state index is 0.00445. The van der Waals surface area contributed by atoms with Crippen molar-refractivity contribution in [3.05, 3.63) is 75.6 Å². The standard InChI is InChI=1S/C19H19N4O4/c1-26-15-6-3-12(4-7-15)16(17-11-21-19(20)22-17)10-13-9-14(23(24)25)5-8-18(13)27-2/h3-9,16H,10H2,1-2H3,(H3,20,21,22). The Morgan fingerprint density at radius 1 is 1.22 bits per heavy atom. The number of hydrogen-bond donors (Lipinski definition) is 2. The van der Waals surface area contributed by atoms with Crippen LogP contribution >= 0.6 is 0 Å². The molecule has 2 aromatic carbocycles. The number of benzene rings is 2. The molecule has 3 rings (SSSR count). The van der Waals surface area contributed by atoms with Crippen LogP contribution in [0.2, 0.25) is 0 Å². The minimum atomic E-state index is -0.427. The van der Waals surface area contributed by atoms with Crippen LogP contribution in [0.25, 0.3) is 0 Å². The van der Waals surface area contributed by atoms with Crippen LogP contribution in [0.5, 0.6) is 11.5 Å². The Hall–Kier alpha value is -3.55. The molecule has 3 aromatic rings. The van der Waals surface area contributed by atoms with Crippen LogP contribution in [0, 0.1) is 16.3 Å². The molecule has 1 radical (unpaired) electrons. The van der Waals surface area contributed by atoms with Gasteiger partial charge in [0.2, 0.25) is 0 Å². The molecular weight excluding hydrogens is 348 g/mol. The third-order valence-corrected chi connectivity index (χ3v) is 4.31. The first-order valence-electron chi connectivity index (χ1n) is 8.20. The molecule has 139 valence electrons. The van der Waals surface area contributed by atoms with E-state index in [1.807, 2.05) is 24.3 Å². The van der Waals surface area contributed by atoms with Gasteiger partial charge in [0.25, 0.3) is 5.69 Å². The van der Waals surface area contributed by atoms with Crippen molar-refractivity contribution in [2.75, 3.05) is 20.0 Å². The number of methoxy groups -OCH3 is 2. The van der Waals surface area contributed by atoms with Crippen molar-refractivity contribution >= 4 is 11.6 Å². The van der Waals surface area contributed by atoms with Gasteiger partial charge in [-0.1, -0.05) is 12.1 Å². The van der Waals surface area contributed by atoms with Gasteiger partial charge in [0.1, 0.15) is 11.5 Å². The molecule has 0 amide bonds. The molecule has 0 aliphatic heterocycles. The van der Waals surface area contributed by atoms with Crippen LogP contribution < -0.4 is 15.2 Å². The van der Waals surface area contributed by atoms with Crippen molar-refractivity contribution < 1.29 is 14.4 Å². The van der Waals surface area contributed by atoms with E-state index in [0.717, 1.165) is 11.3 Å². The van der Waals surface area contributed by atoms with Gasteiger partial charge < -0.3 is 20.2 Å². The Kier molecular flexibility index (Phi) is 5.25. The average Bonchev–Trinajstić information content (AvgIpc) is 3.12. The summed E-state index contributed by atoms with van der Waals surface area (Å²) < 4.78 is 10.6. The SMILES string of the molecule is COc1ccc(C(Cc2cc([N+](=O)[O-])ccc2OC)c2[c][nH]c(N)n2)cc1. The van der Waals surface area contributed by atoms with Gasteiger partial charge in [-0.25, -0.2) is 4.98 Å². The number of H-pyrrole nitrogens is 1. The van der Waals surface area contributed by atoms with Crippen LogP contribution in [-0.2, 0) is 6.42 Å². The van der Waals surface area contributed by atoms with Gasteiger partial charge in [-0.3, -0.25) is 10.1 Å². The van der Waals surface area contributed by atoms with Crippen LogP contribution in [0.1, 0.15) is 22.7 Å². The predicted molar refractivity (Wildman–Crippen MR) is 100 cm³/mol. The summed E-state index contributed by atoms with van der Waals surface area (Å²) in [7, 11) is 3.13. The van der Waals surface area contributed by atoms with E-state index in [-0.39, 0.29) is 17.6 Å². The Balaban J connectivity index is 2.03. The van der Waals surface area contributed by atoms with Crippen LogP contribution in [0.15, 0.2) is 42.5 Å². The molecule has 0 aliphatic carbocycles. The quantitative estimate of drug-likeness (QED) is 0.490. The zero-order valence-corrected chi connectivity index (χ0v) is 14.9. The van der Waals surface area contributed by atoms with Crippen molar-refractivity contribution in [3.8, 4) is 11.5 Å². The zero-order chi connectivity index (χ0) is 19.4. The van der Waals surface area contributed by atoms with Gasteiger partial charge in [0, 0.05) is 23.6 Å². The van der Waals surface area contributed by atoms with Crippen LogP contribution in [-0.4, -0.2) is 29.1 Å². The van der Waals surface area contributed by atoms with Gasteiger partial charge in [-0.2, -0.15) is 0 Å². The normalized spacial score (nSPS) is 11.8. The average molecular weight is 367 g/mol. The number of anilines is 1. The number of hydrogen-bond acceptors (Lipinski definition) is 6. The number of aromatic nitrogens is 2. The molecule has 0 spiro atoms. The number of nitro groups is 1. The summed E-state index contributed by atoms with van der Waals surface area (Å²) in [5, 5.41) is 11.2. The van der Waals surface area contributed by atoms with Gasteiger partial charge in [-0.15, -0.1) is 0 Å². The topological polar surface area (TPSA) is 116 Å². The lowest BCUT2D eigenvalue weighted by atomic mass is 9.89. The van der Waals surface area contributed by atoms with Crippen molar-refractivity contribution in [1.82, 2.24) is 9.97 Å². The molecule has 1 heterocycles. The summed E-state index contributed by atoms with van der Waals surface area (Å²) >= 11 is 0. The predicted octanol–water partition coefficient (Wildman–Crippen LogP) is 3.09. The van der Waals surface area contributed by atoms with Crippen molar-refractivity contribution in [2.45, 2.75) is 12.3 Å². The van der Waals surface area contributed by atoms with E-state index < -0.39 is 4.92 Å². The number of nitrogens with zero attached hydrogens (tertiary/aromatic N) is 2. The highest BCUT2D eigenvalue weighted by molar-refractivity contribution is 5.46. The Morgan fingerprint density at radius 2 is 1.96 bits per heavy atom. The third kappa shape index (κ3) is 4.00. The summed E-state index contributed by atoms with van der Waals surface area (Å²) in [5.41, 5.74) is 7.99. The maximum Gasteiger partial charge on any atom is 0.269 e. The van der Waals surface area contributed by atoms with Crippen LogP contribution in [0.3, 0.4) is 0 Å². The Labute approximate surface area is 156 Å². The molecule has 8 nitrogen and oxygen atoms in total. The highest BCUT2D eigenvalue weighted by atomic mass is 16.6. The number of ether oxygens (including phenoxy) is 2. The number of aromatic amines is 1. The van der Waals surface area contributed by atoms with E-state index in [1.54, 1.807) is 13.2 Å². The first-order chi connectivity index (χ1) is 13.0. The third-order valence-electron chi connectivity index (χ3n) is 4.31. The molecule has 1 atom stereocenters. The second-order valence-corrected chi connectivity index (χ2v) is 5.92. The molecule has 0 bridgehead atoms. The monoisotopic (exact) mass is 367 g/mol. The van der Waals surface area contributed by atoms with Gasteiger partial charge in [0.15, 0.2) is 5.95 Å². The van der Waals surface area contributed by atoms with Crippen molar-refractivity contribution in [2.24, 2.45) is 0 Å². The molecule has 0 fully saturated rings. The Morgan fingerprint density at radius 3 is 2.52 bits per heavy atom. The molecule has 27 heavy (non-hydrogen) atoms. The highest BCUT2D eigenvalue weighted by Gasteiger charge is 2.22. The minimum Gasteiger partial charge on any atom is -0.497 e. The second kappa shape index (κ2) is 7.77. The van der Waals surface area contributed by atoms with Gasteiger partial charge in [-0.05, 0) is 30.2 Å². The van der Waals surface area contributed by atoms with E-state index in [4.69, 9.17) is 15.2 Å². The summed E-state index contributed by atoms with van der Waals surface area (Å²) in [6.45, 7) is 0. The fourth-order valence-electron chi connectivity index (χ4n) is 2.95. The zero-order valence-electron chi connectivity index (χ0n) is 14.9. The molecule has 0 saturated heterocycles. The number of non-ortho nitro benzene ring substituents is 1. The molecule has 0 aliphatic rings. The van der Waals surface area contributed by atoms with Gasteiger partial charge in [0.05, 0.1) is 31.0 Å². The number of nitro benzene ring substituents is 1. The molecule has 8 heteroatoms. The summed E-state index contributed by atoms with van der Waals surface area (Å²) in [5.74, 6) is 1.34. The number of rotatable bonds is 7. The lowest BCUT2D eigenvalue weighted by molar-refractivity contribution is -0.384. The van der Waals surface area contributed by atoms with E-state index in [0.29, 0.717) is 23.4 Å². The second-order valence-electron chi connectivity index (χ2n) is 5.92. The highest BCUT2D eigenvalue weighted by Crippen LogP contribution is 2.33. The summed E-state index contributed by atoms with van der Waals surface area (Å²) in [6, 6.07) is 12.1. The van der Waals surface area contributed by atoms with Crippen LogP contribution in [0.4, 0.5) is 11.6 Å². The van der Waals surface area contributed by atoms with E-state index in [9.17, 15) is 10.1 Å². The molecule has 0 saturated carbocycles. The lowest BCUT2D eigenvalue weighted by Gasteiger charge is -2.17. The van der Waals surface area contributed by atoms with Crippen molar-refractivity contribution in [1.29, 1.82) is 0 Å². The fourth-order valence-corrected chi connectivity index (χ4v) is 2.95.